The number of nitrogens with zero attached hydrogens (tertiary/aromatic N) is 1. The van der Waals surface area contributed by atoms with E-state index >= 15 is 0 Å². The summed E-state index contributed by atoms with van der Waals surface area (Å²) < 4.78 is 0. The SMILES string of the molecule is C=C(C#N)CNCc1ccccc1C. The van der Waals surface area contributed by atoms with E-state index in [1.165, 1.54) is 11.1 Å². The molecule has 0 saturated carbocycles. The molecule has 0 atom stereocenters. The van der Waals surface area contributed by atoms with Gasteiger partial charge in [0.05, 0.1) is 6.07 Å². The molecule has 0 aliphatic heterocycles. The summed E-state index contributed by atoms with van der Waals surface area (Å²) >= 11 is 0. The Hall–Kier alpha value is -1.59. The van der Waals surface area contributed by atoms with Crippen LogP contribution in [0.1, 0.15) is 11.1 Å². The molecule has 0 aromatic heterocycles. The molecule has 0 aliphatic carbocycles. The van der Waals surface area contributed by atoms with Crippen LogP contribution in [0, 0.1) is 18.3 Å². The van der Waals surface area contributed by atoms with Crippen LogP contribution in [0.25, 0.3) is 0 Å². The summed E-state index contributed by atoms with van der Waals surface area (Å²) in [6.45, 7) is 7.03. The normalized spacial score (nSPS) is 9.43. The predicted molar refractivity (Wildman–Crippen MR) is 57.6 cm³/mol. The predicted octanol–water partition coefficient (Wildman–Crippen LogP) is 2.16. The molecule has 1 aromatic rings. The highest BCUT2D eigenvalue weighted by atomic mass is 14.8. The maximum atomic E-state index is 8.50. The quantitative estimate of drug-likeness (QED) is 0.731. The third-order valence-corrected chi connectivity index (χ3v) is 2.07. The van der Waals surface area contributed by atoms with Crippen molar-refractivity contribution in [3.8, 4) is 6.07 Å². The standard InChI is InChI=1S/C12H14N2/c1-10(7-13)8-14-9-12-6-4-3-5-11(12)2/h3-6,14H,1,8-9H2,2H3. The Bertz CT molecular complexity index is 361. The van der Waals surface area contributed by atoms with Crippen molar-refractivity contribution in [3.63, 3.8) is 0 Å². The molecule has 1 aromatic carbocycles. The van der Waals surface area contributed by atoms with E-state index in [0.29, 0.717) is 12.1 Å². The van der Waals surface area contributed by atoms with E-state index < -0.39 is 0 Å². The van der Waals surface area contributed by atoms with Crippen molar-refractivity contribution in [1.29, 1.82) is 5.26 Å². The summed E-state index contributed by atoms with van der Waals surface area (Å²) in [4.78, 5) is 0. The maximum absolute atomic E-state index is 8.50. The van der Waals surface area contributed by atoms with Gasteiger partial charge in [-0.3, -0.25) is 0 Å². The summed E-state index contributed by atoms with van der Waals surface area (Å²) in [7, 11) is 0. The number of hydrogen-bond acceptors (Lipinski definition) is 2. The van der Waals surface area contributed by atoms with Crippen LogP contribution in [0.3, 0.4) is 0 Å². The van der Waals surface area contributed by atoms with Gasteiger partial charge in [-0.25, -0.2) is 0 Å². The fourth-order valence-corrected chi connectivity index (χ4v) is 1.20. The van der Waals surface area contributed by atoms with E-state index in [4.69, 9.17) is 5.26 Å². The molecule has 2 nitrogen and oxygen atoms in total. The van der Waals surface area contributed by atoms with Gasteiger partial charge in [-0.15, -0.1) is 0 Å². The van der Waals surface area contributed by atoms with E-state index in [1.807, 2.05) is 18.2 Å². The molecule has 0 radical (unpaired) electrons. The lowest BCUT2D eigenvalue weighted by molar-refractivity contribution is 0.746. The summed E-state index contributed by atoms with van der Waals surface area (Å²) in [5, 5.41) is 11.7. The van der Waals surface area contributed by atoms with E-state index in [1.54, 1.807) is 0 Å². The van der Waals surface area contributed by atoms with Gasteiger partial charge in [0.15, 0.2) is 0 Å². The molecule has 0 aliphatic rings. The highest BCUT2D eigenvalue weighted by molar-refractivity contribution is 5.25. The van der Waals surface area contributed by atoms with Gasteiger partial charge in [0.2, 0.25) is 0 Å². The summed E-state index contributed by atoms with van der Waals surface area (Å²) in [5.74, 6) is 0. The van der Waals surface area contributed by atoms with Gasteiger partial charge < -0.3 is 5.32 Å². The van der Waals surface area contributed by atoms with Gasteiger partial charge in [0.1, 0.15) is 0 Å². The Morgan fingerprint density at radius 1 is 1.50 bits per heavy atom. The first-order chi connectivity index (χ1) is 6.74. The molecule has 0 spiro atoms. The third-order valence-electron chi connectivity index (χ3n) is 2.07. The summed E-state index contributed by atoms with van der Waals surface area (Å²) in [5.41, 5.74) is 3.10. The lowest BCUT2D eigenvalue weighted by Crippen LogP contribution is -2.16. The highest BCUT2D eigenvalue weighted by Gasteiger charge is 1.96. The highest BCUT2D eigenvalue weighted by Crippen LogP contribution is 2.05. The van der Waals surface area contributed by atoms with Gasteiger partial charge in [0.25, 0.3) is 0 Å². The van der Waals surface area contributed by atoms with E-state index in [-0.39, 0.29) is 0 Å². The van der Waals surface area contributed by atoms with Crippen molar-refractivity contribution >= 4 is 0 Å². The van der Waals surface area contributed by atoms with E-state index in [9.17, 15) is 0 Å². The van der Waals surface area contributed by atoms with Crippen LogP contribution in [0.2, 0.25) is 0 Å². The molecule has 0 heterocycles. The zero-order valence-electron chi connectivity index (χ0n) is 8.38. The average Bonchev–Trinajstić information content (AvgIpc) is 2.20. The lowest BCUT2D eigenvalue weighted by atomic mass is 10.1. The molecule has 0 saturated heterocycles. The molecule has 2 heteroatoms. The van der Waals surface area contributed by atoms with Crippen LogP contribution in [0.15, 0.2) is 36.4 Å². The van der Waals surface area contributed by atoms with Gasteiger partial charge in [-0.05, 0) is 18.1 Å². The number of aryl methyl sites for hydroxylation is 1. The summed E-state index contributed by atoms with van der Waals surface area (Å²) in [6, 6.07) is 10.2. The number of hydrogen-bond donors (Lipinski definition) is 1. The number of rotatable bonds is 4. The first kappa shape index (κ1) is 10.5. The first-order valence-electron chi connectivity index (χ1n) is 4.57. The minimum Gasteiger partial charge on any atom is -0.308 e. The molecule has 1 N–H and O–H groups in total. The smallest absolute Gasteiger partial charge is 0.0954 e. The Balaban J connectivity index is 2.43. The van der Waals surface area contributed by atoms with Gasteiger partial charge in [-0.2, -0.15) is 5.26 Å². The van der Waals surface area contributed by atoms with Gasteiger partial charge >= 0.3 is 0 Å². The monoisotopic (exact) mass is 186 g/mol. The fraction of sp³-hybridized carbons (Fsp3) is 0.250. The van der Waals surface area contributed by atoms with Gasteiger partial charge in [0, 0.05) is 18.7 Å². The topological polar surface area (TPSA) is 35.8 Å². The minimum absolute atomic E-state index is 0.560. The number of nitriles is 1. The van der Waals surface area contributed by atoms with Crippen molar-refractivity contribution in [3.05, 3.63) is 47.5 Å². The third kappa shape index (κ3) is 3.04. The van der Waals surface area contributed by atoms with Crippen LogP contribution < -0.4 is 5.32 Å². The summed E-state index contributed by atoms with van der Waals surface area (Å²) in [6.07, 6.45) is 0. The van der Waals surface area contributed by atoms with E-state index in [2.05, 4.69) is 31.0 Å². The second-order valence-electron chi connectivity index (χ2n) is 3.25. The molecule has 0 fully saturated rings. The Morgan fingerprint density at radius 2 is 2.21 bits per heavy atom. The van der Waals surface area contributed by atoms with Crippen LogP contribution in [0.5, 0.6) is 0 Å². The molecular formula is C12H14N2. The number of benzene rings is 1. The van der Waals surface area contributed by atoms with Crippen molar-refractivity contribution in [1.82, 2.24) is 5.32 Å². The average molecular weight is 186 g/mol. The minimum atomic E-state index is 0.560. The van der Waals surface area contributed by atoms with Crippen molar-refractivity contribution in [2.75, 3.05) is 6.54 Å². The number of nitrogens with one attached hydrogen (secondary N) is 1. The maximum Gasteiger partial charge on any atom is 0.0954 e. The largest absolute Gasteiger partial charge is 0.308 e. The molecule has 14 heavy (non-hydrogen) atoms. The van der Waals surface area contributed by atoms with Crippen LogP contribution in [-0.4, -0.2) is 6.54 Å². The van der Waals surface area contributed by atoms with Crippen molar-refractivity contribution < 1.29 is 0 Å². The Kier molecular flexibility index (Phi) is 3.90. The first-order valence-corrected chi connectivity index (χ1v) is 4.57. The Morgan fingerprint density at radius 3 is 2.86 bits per heavy atom. The molecular weight excluding hydrogens is 172 g/mol. The Labute approximate surface area is 84.9 Å². The molecule has 72 valence electrons. The molecule has 0 bridgehead atoms. The zero-order chi connectivity index (χ0) is 10.4. The van der Waals surface area contributed by atoms with E-state index in [0.717, 1.165) is 6.54 Å². The van der Waals surface area contributed by atoms with Crippen molar-refractivity contribution in [2.24, 2.45) is 0 Å². The van der Waals surface area contributed by atoms with Crippen molar-refractivity contribution in [2.45, 2.75) is 13.5 Å². The zero-order valence-corrected chi connectivity index (χ0v) is 8.38. The van der Waals surface area contributed by atoms with Crippen LogP contribution in [-0.2, 0) is 6.54 Å². The lowest BCUT2D eigenvalue weighted by Gasteiger charge is -2.06. The molecule has 0 amide bonds. The second-order valence-corrected chi connectivity index (χ2v) is 3.25. The molecule has 0 unspecified atom stereocenters. The van der Waals surface area contributed by atoms with Gasteiger partial charge in [-0.1, -0.05) is 30.8 Å². The van der Waals surface area contributed by atoms with Crippen LogP contribution >= 0.6 is 0 Å². The second kappa shape index (κ2) is 5.21. The van der Waals surface area contributed by atoms with Crippen LogP contribution in [0.4, 0.5) is 0 Å². The fourth-order valence-electron chi connectivity index (χ4n) is 1.20. The molecule has 1 rings (SSSR count).